The largest absolute Gasteiger partial charge is 0.456 e. The molecule has 0 radical (unpaired) electrons. The predicted molar refractivity (Wildman–Crippen MR) is 230 cm³/mol. The highest BCUT2D eigenvalue weighted by Crippen LogP contribution is 2.65. The lowest BCUT2D eigenvalue weighted by Gasteiger charge is -2.43. The van der Waals surface area contributed by atoms with Crippen LogP contribution in [0.2, 0.25) is 0 Å². The molecule has 0 saturated heterocycles. The zero-order chi connectivity index (χ0) is 37.5. The number of hydrogen-bond donors (Lipinski definition) is 0. The molecule has 3 heterocycles. The van der Waals surface area contributed by atoms with Crippen LogP contribution in [0, 0.1) is 5.92 Å². The molecule has 1 aliphatic heterocycles. The van der Waals surface area contributed by atoms with E-state index in [2.05, 4.69) is 174 Å². The molecule has 0 fully saturated rings. The lowest BCUT2D eigenvalue weighted by atomic mass is 9.61. The first-order valence-electron chi connectivity index (χ1n) is 20.0. The minimum Gasteiger partial charge on any atom is -0.456 e. The minimum absolute atomic E-state index is 0.192. The Labute approximate surface area is 331 Å². The average Bonchev–Trinajstić information content (AvgIpc) is 3.78. The number of allylic oxidation sites excluding steroid dienone is 5. The van der Waals surface area contributed by atoms with Crippen LogP contribution >= 0.6 is 0 Å². The molecule has 270 valence electrons. The Balaban J connectivity index is 1.04. The second-order valence-corrected chi connectivity index (χ2v) is 15.5. The van der Waals surface area contributed by atoms with Crippen LogP contribution in [0.5, 0.6) is 11.5 Å². The monoisotopic (exact) mass is 731 g/mol. The number of hydrogen-bond acceptors (Lipinski definition) is 3. The van der Waals surface area contributed by atoms with Gasteiger partial charge in [-0.05, 0) is 60.4 Å². The van der Waals surface area contributed by atoms with Crippen molar-refractivity contribution < 1.29 is 4.74 Å². The van der Waals surface area contributed by atoms with Gasteiger partial charge in [0.1, 0.15) is 11.5 Å². The van der Waals surface area contributed by atoms with E-state index >= 15 is 0 Å². The van der Waals surface area contributed by atoms with Gasteiger partial charge in [-0.1, -0.05) is 152 Å². The maximum atomic E-state index is 7.06. The zero-order valence-electron chi connectivity index (χ0n) is 31.2. The van der Waals surface area contributed by atoms with E-state index in [-0.39, 0.29) is 11.8 Å². The number of ether oxygens (including phenoxy) is 1. The lowest BCUT2D eigenvalue weighted by Crippen LogP contribution is -2.37. The van der Waals surface area contributed by atoms with Crippen LogP contribution in [-0.4, -0.2) is 14.5 Å². The van der Waals surface area contributed by atoms with E-state index in [1.54, 1.807) is 0 Å². The molecule has 57 heavy (non-hydrogen) atoms. The van der Waals surface area contributed by atoms with Crippen molar-refractivity contribution in [1.82, 2.24) is 14.5 Å². The van der Waals surface area contributed by atoms with Gasteiger partial charge in [-0.2, -0.15) is 0 Å². The summed E-state index contributed by atoms with van der Waals surface area (Å²) in [6, 6.07) is 54.3. The van der Waals surface area contributed by atoms with E-state index in [1.807, 2.05) is 18.2 Å². The molecule has 2 aromatic heterocycles. The summed E-state index contributed by atoms with van der Waals surface area (Å²) in [4.78, 5) is 10.5. The van der Waals surface area contributed by atoms with Crippen molar-refractivity contribution >= 4 is 17.0 Å². The van der Waals surface area contributed by atoms with Crippen molar-refractivity contribution in [3.8, 4) is 51.1 Å². The summed E-state index contributed by atoms with van der Waals surface area (Å²) in [6.45, 7) is 0. The molecular weight excluding hydrogens is 695 g/mol. The number of nitrogens with zero attached hydrogens (tertiary/aromatic N) is 3. The number of aromatic nitrogens is 3. The molecule has 4 heteroatoms. The Morgan fingerprint density at radius 3 is 2.30 bits per heavy atom. The van der Waals surface area contributed by atoms with Gasteiger partial charge in [0, 0.05) is 62.0 Å². The van der Waals surface area contributed by atoms with Crippen LogP contribution in [-0.2, 0) is 11.8 Å². The van der Waals surface area contributed by atoms with Crippen LogP contribution in [0.3, 0.4) is 0 Å². The van der Waals surface area contributed by atoms with Crippen molar-refractivity contribution in [2.75, 3.05) is 0 Å². The highest BCUT2D eigenvalue weighted by molar-refractivity contribution is 5.93. The van der Waals surface area contributed by atoms with Gasteiger partial charge in [-0.25, -0.2) is 9.97 Å². The van der Waals surface area contributed by atoms with Gasteiger partial charge in [0.2, 0.25) is 0 Å². The van der Waals surface area contributed by atoms with Gasteiger partial charge in [-0.3, -0.25) is 0 Å². The third kappa shape index (κ3) is 4.68. The maximum Gasteiger partial charge on any atom is 0.160 e. The van der Waals surface area contributed by atoms with Crippen molar-refractivity contribution in [3.63, 3.8) is 0 Å². The number of para-hydroxylation sites is 3. The van der Waals surface area contributed by atoms with Gasteiger partial charge < -0.3 is 9.30 Å². The van der Waals surface area contributed by atoms with Crippen LogP contribution in [0.15, 0.2) is 182 Å². The Kier molecular flexibility index (Phi) is 7.06. The summed E-state index contributed by atoms with van der Waals surface area (Å²) >= 11 is 0. The summed E-state index contributed by atoms with van der Waals surface area (Å²) in [5.74, 6) is 2.88. The summed E-state index contributed by atoms with van der Waals surface area (Å²) in [7, 11) is 0. The molecule has 6 aromatic carbocycles. The quantitative estimate of drug-likeness (QED) is 0.181. The molecule has 12 rings (SSSR count). The van der Waals surface area contributed by atoms with E-state index in [9.17, 15) is 0 Å². The Morgan fingerprint density at radius 2 is 1.39 bits per heavy atom. The molecule has 8 aromatic rings. The molecule has 4 aliphatic rings. The van der Waals surface area contributed by atoms with Crippen LogP contribution < -0.4 is 4.74 Å². The molecule has 0 N–H and O–H groups in total. The minimum atomic E-state index is -0.436. The fourth-order valence-corrected chi connectivity index (χ4v) is 10.3. The molecule has 4 nitrogen and oxygen atoms in total. The molecule has 3 atom stereocenters. The fourth-order valence-electron chi connectivity index (χ4n) is 10.3. The lowest BCUT2D eigenvalue weighted by molar-refractivity contribution is 0.375. The van der Waals surface area contributed by atoms with Gasteiger partial charge in [0.25, 0.3) is 0 Å². The molecule has 3 unspecified atom stereocenters. The second kappa shape index (κ2) is 12.5. The molecule has 1 spiro atoms. The van der Waals surface area contributed by atoms with Crippen LogP contribution in [0.25, 0.3) is 56.6 Å². The van der Waals surface area contributed by atoms with Gasteiger partial charge in [-0.15, -0.1) is 0 Å². The van der Waals surface area contributed by atoms with Gasteiger partial charge in [0.15, 0.2) is 5.82 Å². The second-order valence-electron chi connectivity index (χ2n) is 15.5. The van der Waals surface area contributed by atoms with Crippen molar-refractivity contribution in [1.29, 1.82) is 0 Å². The Morgan fingerprint density at radius 1 is 0.632 bits per heavy atom. The fraction of sp³-hybridized carbons (Fsp3) is 0.0943. The first-order valence-corrected chi connectivity index (χ1v) is 20.0. The Bertz CT molecular complexity index is 3010. The van der Waals surface area contributed by atoms with Crippen LogP contribution in [0.4, 0.5) is 0 Å². The summed E-state index contributed by atoms with van der Waals surface area (Å²) in [5, 5.41) is 1.30. The van der Waals surface area contributed by atoms with E-state index in [0.717, 1.165) is 58.1 Å². The highest BCUT2D eigenvalue weighted by atomic mass is 16.5. The van der Waals surface area contributed by atoms with Crippen molar-refractivity contribution in [2.24, 2.45) is 5.92 Å². The summed E-state index contributed by atoms with van der Waals surface area (Å²) in [5.41, 5.74) is 14.4. The standard InChI is InChI=1S/C53H37N3O/c1-2-15-35(16-3-1)52-54-46(34-29-31-36(32-30-34)56-48-26-11-6-19-39(48)40-20-7-12-27-49(40)56)33-47(55-52)41-21-14-25-45-51(41)57-50-28-13-10-24-44(50)53(45)42-22-8-4-17-37(42)38-18-5-9-23-43(38)53/h1-11,13-26,28-33,37,42H,12,27H2. The smallest absolute Gasteiger partial charge is 0.160 e. The highest BCUT2D eigenvalue weighted by Gasteiger charge is 2.56. The summed E-state index contributed by atoms with van der Waals surface area (Å²) < 4.78 is 9.50. The predicted octanol–water partition coefficient (Wildman–Crippen LogP) is 12.7. The molecular formula is C53H37N3O. The third-order valence-corrected chi connectivity index (χ3v) is 12.6. The molecule has 0 saturated carbocycles. The molecule has 0 amide bonds. The van der Waals surface area contributed by atoms with E-state index in [1.165, 1.54) is 44.4 Å². The van der Waals surface area contributed by atoms with Crippen molar-refractivity contribution in [3.05, 3.63) is 216 Å². The van der Waals surface area contributed by atoms with Gasteiger partial charge in [0.05, 0.1) is 22.3 Å². The molecule has 3 aliphatic carbocycles. The number of fused-ring (bicyclic) bond motifs is 12. The topological polar surface area (TPSA) is 39.9 Å². The normalized spacial score (nSPS) is 19.4. The van der Waals surface area contributed by atoms with E-state index in [4.69, 9.17) is 14.7 Å². The van der Waals surface area contributed by atoms with Gasteiger partial charge >= 0.3 is 0 Å². The SMILES string of the molecule is C1=CC2c3ccccc3C3(c4ccccc4Oc4c(-c5cc(-c6ccc(-n7c8c(c9ccccc97)C=CCC8)cc6)nc(-c6ccccc6)n5)cccc43)C2C=C1. The van der Waals surface area contributed by atoms with E-state index in [0.29, 0.717) is 5.82 Å². The average molecular weight is 732 g/mol. The number of rotatable bonds is 4. The Hall–Kier alpha value is -7.04. The van der Waals surface area contributed by atoms with Crippen LogP contribution in [0.1, 0.15) is 45.8 Å². The van der Waals surface area contributed by atoms with E-state index < -0.39 is 5.41 Å². The maximum absolute atomic E-state index is 7.06. The van der Waals surface area contributed by atoms with Crippen molar-refractivity contribution in [2.45, 2.75) is 24.2 Å². The first kappa shape index (κ1) is 32.2. The first-order chi connectivity index (χ1) is 28.3. The third-order valence-electron chi connectivity index (χ3n) is 12.6. The number of benzene rings is 6. The summed E-state index contributed by atoms with van der Waals surface area (Å²) in [6.07, 6.45) is 15.9. The zero-order valence-corrected chi connectivity index (χ0v) is 31.2. The molecule has 0 bridgehead atoms.